The van der Waals surface area contributed by atoms with E-state index < -0.39 is 0 Å². The smallest absolute Gasteiger partial charge is 0.273 e. The largest absolute Gasteiger partial charge is 0.482 e. The van der Waals surface area contributed by atoms with Crippen LogP contribution < -0.4 is 10.1 Å². The third-order valence-electron chi connectivity index (χ3n) is 4.37. The topological polar surface area (TPSA) is 90.1 Å². The van der Waals surface area contributed by atoms with Crippen molar-refractivity contribution in [2.45, 2.75) is 26.0 Å². The number of pyridine rings is 2. The molecule has 0 aliphatic carbocycles. The molecule has 7 nitrogen and oxygen atoms in total. The van der Waals surface area contributed by atoms with Gasteiger partial charge >= 0.3 is 0 Å². The fraction of sp³-hybridized carbons (Fsp3) is 0.182. The van der Waals surface area contributed by atoms with Crippen LogP contribution in [0, 0.1) is 0 Å². The van der Waals surface area contributed by atoms with Crippen molar-refractivity contribution in [3.05, 3.63) is 84.5 Å². The van der Waals surface area contributed by atoms with Gasteiger partial charge in [0.05, 0.1) is 0 Å². The predicted octanol–water partition coefficient (Wildman–Crippen LogP) is 3.56. The van der Waals surface area contributed by atoms with E-state index in [1.807, 2.05) is 49.4 Å². The van der Waals surface area contributed by atoms with Crippen molar-refractivity contribution in [3.63, 3.8) is 0 Å². The number of rotatable bonds is 7. The summed E-state index contributed by atoms with van der Waals surface area (Å²) in [6.45, 7) is 2.04. The molecule has 0 aliphatic rings. The average molecular weight is 388 g/mol. The monoisotopic (exact) mass is 388 g/mol. The minimum Gasteiger partial charge on any atom is -0.482 e. The second-order valence-electron chi connectivity index (χ2n) is 6.69. The van der Waals surface area contributed by atoms with Crippen LogP contribution in [0.2, 0.25) is 0 Å². The van der Waals surface area contributed by atoms with E-state index in [1.165, 1.54) is 6.26 Å². The zero-order valence-electron chi connectivity index (χ0n) is 15.9. The molecule has 4 aromatic rings. The fourth-order valence-electron chi connectivity index (χ4n) is 3.03. The maximum Gasteiger partial charge on any atom is 0.273 e. The number of aromatic nitrogens is 3. The molecule has 1 aromatic carbocycles. The molecule has 0 saturated carbocycles. The van der Waals surface area contributed by atoms with Crippen molar-refractivity contribution in [1.29, 1.82) is 0 Å². The molecule has 0 fully saturated rings. The number of hydrogen-bond acceptors (Lipinski definition) is 6. The Labute approximate surface area is 167 Å². The first-order valence-corrected chi connectivity index (χ1v) is 9.30. The number of nitrogens with zero attached hydrogens (tertiary/aromatic N) is 3. The molecule has 3 aromatic heterocycles. The summed E-state index contributed by atoms with van der Waals surface area (Å²) in [6, 6.07) is 13.3. The van der Waals surface area contributed by atoms with Crippen LogP contribution in [0.4, 0.5) is 0 Å². The van der Waals surface area contributed by atoms with Crippen LogP contribution >= 0.6 is 0 Å². The van der Waals surface area contributed by atoms with Crippen LogP contribution in [-0.2, 0) is 13.0 Å². The summed E-state index contributed by atoms with van der Waals surface area (Å²) in [4.78, 5) is 25.1. The Hall–Kier alpha value is -3.74. The number of para-hydroxylation sites is 1. The normalized spacial score (nSPS) is 11.9. The second kappa shape index (κ2) is 8.52. The highest BCUT2D eigenvalue weighted by molar-refractivity contribution is 5.92. The van der Waals surface area contributed by atoms with Gasteiger partial charge in [-0.25, -0.2) is 4.98 Å². The van der Waals surface area contributed by atoms with Gasteiger partial charge in [0, 0.05) is 30.0 Å². The van der Waals surface area contributed by atoms with Crippen LogP contribution in [0.25, 0.3) is 10.9 Å². The van der Waals surface area contributed by atoms with Gasteiger partial charge in [-0.15, -0.1) is 0 Å². The molecule has 0 unspecified atom stereocenters. The number of oxazole rings is 1. The zero-order valence-corrected chi connectivity index (χ0v) is 15.9. The number of carbonyl (C=O) groups excluding carboxylic acids is 1. The van der Waals surface area contributed by atoms with E-state index in [0.717, 1.165) is 16.5 Å². The molecule has 1 amide bonds. The number of carbonyl (C=O) groups is 1. The maximum atomic E-state index is 12.4. The van der Waals surface area contributed by atoms with Crippen LogP contribution in [-0.4, -0.2) is 26.9 Å². The summed E-state index contributed by atoms with van der Waals surface area (Å²) in [5.41, 5.74) is 2.04. The van der Waals surface area contributed by atoms with E-state index in [9.17, 15) is 4.79 Å². The van der Waals surface area contributed by atoms with Crippen molar-refractivity contribution in [3.8, 4) is 5.75 Å². The Bertz CT molecular complexity index is 1110. The highest BCUT2D eigenvalue weighted by Gasteiger charge is 2.15. The van der Waals surface area contributed by atoms with Gasteiger partial charge in [-0.2, -0.15) is 0 Å². The quantitative estimate of drug-likeness (QED) is 0.521. The molecular formula is C22H20N4O3. The predicted molar refractivity (Wildman–Crippen MR) is 107 cm³/mol. The lowest BCUT2D eigenvalue weighted by Crippen LogP contribution is -2.34. The lowest BCUT2D eigenvalue weighted by atomic mass is 10.1. The molecule has 0 radical (unpaired) electrons. The number of nitrogens with one attached hydrogen (secondary N) is 1. The molecule has 7 heteroatoms. The molecule has 146 valence electrons. The highest BCUT2D eigenvalue weighted by atomic mass is 16.5. The van der Waals surface area contributed by atoms with Gasteiger partial charge < -0.3 is 14.5 Å². The van der Waals surface area contributed by atoms with E-state index in [0.29, 0.717) is 18.1 Å². The summed E-state index contributed by atoms with van der Waals surface area (Å²) in [5.74, 6) is 0.670. The molecule has 3 heterocycles. The van der Waals surface area contributed by atoms with Crippen LogP contribution in [0.3, 0.4) is 0 Å². The summed E-state index contributed by atoms with van der Waals surface area (Å²) in [5, 5.41) is 3.90. The summed E-state index contributed by atoms with van der Waals surface area (Å²) in [7, 11) is 0. The summed E-state index contributed by atoms with van der Waals surface area (Å²) < 4.78 is 11.2. The molecule has 0 aliphatic heterocycles. The van der Waals surface area contributed by atoms with Gasteiger partial charge in [0.15, 0.2) is 12.3 Å². The second-order valence-corrected chi connectivity index (χ2v) is 6.69. The van der Waals surface area contributed by atoms with Gasteiger partial charge in [-0.3, -0.25) is 14.8 Å². The van der Waals surface area contributed by atoms with Gasteiger partial charge in [0.1, 0.15) is 17.5 Å². The Morgan fingerprint density at radius 1 is 1.17 bits per heavy atom. The van der Waals surface area contributed by atoms with Crippen molar-refractivity contribution >= 4 is 16.8 Å². The van der Waals surface area contributed by atoms with E-state index in [-0.39, 0.29) is 24.2 Å². The van der Waals surface area contributed by atoms with Gasteiger partial charge in [0.2, 0.25) is 5.89 Å². The molecule has 0 spiro atoms. The molecule has 29 heavy (non-hydrogen) atoms. The van der Waals surface area contributed by atoms with E-state index in [2.05, 4.69) is 20.3 Å². The highest BCUT2D eigenvalue weighted by Crippen LogP contribution is 2.23. The lowest BCUT2D eigenvalue weighted by Gasteiger charge is -2.12. The van der Waals surface area contributed by atoms with Crippen LogP contribution in [0.5, 0.6) is 5.75 Å². The summed E-state index contributed by atoms with van der Waals surface area (Å²) in [6.07, 6.45) is 7.25. The number of benzene rings is 1. The molecule has 0 saturated heterocycles. The Balaban J connectivity index is 1.36. The fourth-order valence-corrected chi connectivity index (χ4v) is 3.03. The minimum absolute atomic E-state index is 0.0649. The molecule has 1 atom stereocenters. The van der Waals surface area contributed by atoms with Gasteiger partial charge in [0.25, 0.3) is 5.91 Å². The number of amides is 1. The van der Waals surface area contributed by atoms with Crippen LogP contribution in [0.1, 0.15) is 28.9 Å². The SMILES string of the molecule is C[C@@H](Cc1cccnc1)NC(=O)c1coc(COc2cccc3cccnc23)n1. The average Bonchev–Trinajstić information content (AvgIpc) is 3.22. The van der Waals surface area contributed by atoms with E-state index in [4.69, 9.17) is 9.15 Å². The van der Waals surface area contributed by atoms with Gasteiger partial charge in [-0.1, -0.05) is 24.3 Å². The first kappa shape index (κ1) is 18.6. The number of fused-ring (bicyclic) bond motifs is 1. The third-order valence-corrected chi connectivity index (χ3v) is 4.37. The molecular weight excluding hydrogens is 368 g/mol. The zero-order chi connectivity index (χ0) is 20.1. The van der Waals surface area contributed by atoms with Crippen molar-refractivity contribution in [2.75, 3.05) is 0 Å². The van der Waals surface area contributed by atoms with Crippen molar-refractivity contribution in [2.24, 2.45) is 0 Å². The van der Waals surface area contributed by atoms with E-state index >= 15 is 0 Å². The molecule has 4 rings (SSSR count). The standard InChI is InChI=1S/C22H20N4O3/c1-15(11-16-5-3-9-23-12-16)25-22(27)18-13-29-20(26-18)14-28-19-8-2-6-17-7-4-10-24-21(17)19/h2-10,12-13,15H,11,14H2,1H3,(H,25,27)/t15-/m0/s1. The third kappa shape index (κ3) is 4.57. The Kier molecular flexibility index (Phi) is 5.47. The number of ether oxygens (including phenoxy) is 1. The Morgan fingerprint density at radius 2 is 2.03 bits per heavy atom. The van der Waals surface area contributed by atoms with Crippen molar-refractivity contribution < 1.29 is 13.9 Å². The van der Waals surface area contributed by atoms with E-state index in [1.54, 1.807) is 18.6 Å². The summed E-state index contributed by atoms with van der Waals surface area (Å²) >= 11 is 0. The Morgan fingerprint density at radius 3 is 2.90 bits per heavy atom. The first-order chi connectivity index (χ1) is 14.2. The van der Waals surface area contributed by atoms with Gasteiger partial charge in [-0.05, 0) is 37.1 Å². The minimum atomic E-state index is -0.289. The van der Waals surface area contributed by atoms with Crippen LogP contribution in [0.15, 0.2) is 71.7 Å². The molecule has 0 bridgehead atoms. The molecule has 1 N–H and O–H groups in total. The maximum absolute atomic E-state index is 12.4. The van der Waals surface area contributed by atoms with Crippen molar-refractivity contribution in [1.82, 2.24) is 20.3 Å². The first-order valence-electron chi connectivity index (χ1n) is 9.30. The number of hydrogen-bond donors (Lipinski definition) is 1. The lowest BCUT2D eigenvalue weighted by molar-refractivity contribution is 0.0935.